The van der Waals surface area contributed by atoms with E-state index in [1.54, 1.807) is 12.2 Å². The summed E-state index contributed by atoms with van der Waals surface area (Å²) in [7, 11) is 0. The number of carbonyl (C=O) groups is 1. The number of rotatable bonds is 1. The molecule has 0 saturated carbocycles. The van der Waals surface area contributed by atoms with Crippen molar-refractivity contribution in [2.45, 2.75) is 12.5 Å². The Balaban J connectivity index is 2.17. The van der Waals surface area contributed by atoms with Gasteiger partial charge in [0, 0.05) is 13.1 Å². The van der Waals surface area contributed by atoms with Gasteiger partial charge in [-0.1, -0.05) is 18.2 Å². The Kier molecular flexibility index (Phi) is 2.52. The van der Waals surface area contributed by atoms with E-state index in [2.05, 4.69) is 4.90 Å². The van der Waals surface area contributed by atoms with Crippen LogP contribution in [-0.4, -0.2) is 42.5 Å². The molecule has 2 aliphatic rings. The number of ether oxygens (including phenoxy) is 1. The second kappa shape index (κ2) is 3.67. The number of ketones is 1. The fraction of sp³-hybridized carbons (Fsp3) is 0.545. The number of allylic oxidation sites excluding steroid dienone is 2. The lowest BCUT2D eigenvalue weighted by molar-refractivity contribution is -0.125. The third-order valence-corrected chi connectivity index (χ3v) is 2.95. The summed E-state index contributed by atoms with van der Waals surface area (Å²) in [4.78, 5) is 14.0. The molecule has 0 spiro atoms. The van der Waals surface area contributed by atoms with Crippen LogP contribution in [0.3, 0.4) is 0 Å². The van der Waals surface area contributed by atoms with Gasteiger partial charge in [-0.2, -0.15) is 0 Å². The van der Waals surface area contributed by atoms with E-state index in [-0.39, 0.29) is 5.78 Å². The van der Waals surface area contributed by atoms with Crippen LogP contribution in [0.1, 0.15) is 6.92 Å². The van der Waals surface area contributed by atoms with E-state index >= 15 is 0 Å². The van der Waals surface area contributed by atoms with Gasteiger partial charge in [0.2, 0.25) is 0 Å². The van der Waals surface area contributed by atoms with Gasteiger partial charge in [-0.3, -0.25) is 9.69 Å². The number of hydrogen-bond acceptors (Lipinski definition) is 3. The fourth-order valence-electron chi connectivity index (χ4n) is 1.93. The largest absolute Gasteiger partial charge is 0.379 e. The highest BCUT2D eigenvalue weighted by molar-refractivity contribution is 6.00. The summed E-state index contributed by atoms with van der Waals surface area (Å²) >= 11 is 0. The first-order valence-electron chi connectivity index (χ1n) is 4.96. The molecule has 0 aromatic carbocycles. The molecule has 14 heavy (non-hydrogen) atoms. The van der Waals surface area contributed by atoms with Crippen LogP contribution >= 0.6 is 0 Å². The Bertz CT molecular complexity index is 290. The lowest BCUT2D eigenvalue weighted by Crippen LogP contribution is -2.55. The lowest BCUT2D eigenvalue weighted by atomic mass is 9.90. The van der Waals surface area contributed by atoms with E-state index in [9.17, 15) is 4.79 Å². The van der Waals surface area contributed by atoms with Crippen LogP contribution in [0.4, 0.5) is 0 Å². The minimum atomic E-state index is -0.446. The van der Waals surface area contributed by atoms with Gasteiger partial charge in [0.15, 0.2) is 5.78 Å². The minimum absolute atomic E-state index is 0.168. The van der Waals surface area contributed by atoms with Crippen LogP contribution in [0.5, 0.6) is 0 Å². The predicted octanol–water partition coefficient (Wildman–Crippen LogP) is 0.772. The molecule has 76 valence electrons. The fourth-order valence-corrected chi connectivity index (χ4v) is 1.93. The molecule has 1 atom stereocenters. The Hall–Kier alpha value is -0.930. The molecule has 0 N–H and O–H groups in total. The zero-order valence-electron chi connectivity index (χ0n) is 8.40. The summed E-state index contributed by atoms with van der Waals surface area (Å²) < 4.78 is 5.28. The summed E-state index contributed by atoms with van der Waals surface area (Å²) in [5, 5.41) is 0. The molecule has 0 radical (unpaired) electrons. The van der Waals surface area contributed by atoms with E-state index < -0.39 is 5.54 Å². The minimum Gasteiger partial charge on any atom is -0.379 e. The maximum atomic E-state index is 11.8. The van der Waals surface area contributed by atoms with Crippen molar-refractivity contribution in [3.63, 3.8) is 0 Å². The molecule has 1 fully saturated rings. The topological polar surface area (TPSA) is 29.5 Å². The first-order valence-corrected chi connectivity index (χ1v) is 4.96. The first-order chi connectivity index (χ1) is 6.73. The third kappa shape index (κ3) is 1.53. The van der Waals surface area contributed by atoms with Crippen molar-refractivity contribution in [1.29, 1.82) is 0 Å². The molecule has 3 nitrogen and oxygen atoms in total. The van der Waals surface area contributed by atoms with Crippen LogP contribution in [-0.2, 0) is 9.53 Å². The van der Waals surface area contributed by atoms with Crippen LogP contribution < -0.4 is 0 Å². The van der Waals surface area contributed by atoms with Crippen molar-refractivity contribution in [2.75, 3.05) is 26.3 Å². The van der Waals surface area contributed by atoms with Crippen LogP contribution in [0, 0.1) is 0 Å². The summed E-state index contributed by atoms with van der Waals surface area (Å²) in [5.74, 6) is 0.168. The Morgan fingerprint density at radius 1 is 1.36 bits per heavy atom. The van der Waals surface area contributed by atoms with Crippen molar-refractivity contribution in [3.8, 4) is 0 Å². The van der Waals surface area contributed by atoms with Crippen molar-refractivity contribution >= 4 is 5.78 Å². The third-order valence-electron chi connectivity index (χ3n) is 2.95. The van der Waals surface area contributed by atoms with Gasteiger partial charge in [-0.05, 0) is 13.0 Å². The molecule has 0 aromatic rings. The monoisotopic (exact) mass is 193 g/mol. The maximum Gasteiger partial charge on any atom is 0.179 e. The molecule has 1 unspecified atom stereocenters. The highest BCUT2D eigenvalue weighted by Gasteiger charge is 2.36. The lowest BCUT2D eigenvalue weighted by Gasteiger charge is -2.40. The summed E-state index contributed by atoms with van der Waals surface area (Å²) in [6, 6.07) is 0. The van der Waals surface area contributed by atoms with Crippen LogP contribution in [0.15, 0.2) is 24.3 Å². The molecular formula is C11H15NO2. The van der Waals surface area contributed by atoms with Crippen LogP contribution in [0.25, 0.3) is 0 Å². The molecule has 3 heteroatoms. The number of hydrogen-bond donors (Lipinski definition) is 0. The maximum absolute atomic E-state index is 11.8. The van der Waals surface area contributed by atoms with E-state index in [0.29, 0.717) is 0 Å². The van der Waals surface area contributed by atoms with Gasteiger partial charge in [0.1, 0.15) is 5.54 Å². The molecule has 1 heterocycles. The molecule has 0 amide bonds. The molecule has 0 bridgehead atoms. The van der Waals surface area contributed by atoms with Crippen molar-refractivity contribution < 1.29 is 9.53 Å². The molecule has 1 aliphatic heterocycles. The van der Waals surface area contributed by atoms with E-state index in [1.165, 1.54) is 0 Å². The smallest absolute Gasteiger partial charge is 0.179 e. The van der Waals surface area contributed by atoms with Gasteiger partial charge in [0.25, 0.3) is 0 Å². The molecule has 1 aliphatic carbocycles. The van der Waals surface area contributed by atoms with Gasteiger partial charge in [0.05, 0.1) is 13.2 Å². The standard InChI is InChI=1S/C11H15NO2/c1-11(5-3-2-4-10(11)13)12-6-8-14-9-7-12/h2-5H,6-9H2,1H3. The van der Waals surface area contributed by atoms with Crippen molar-refractivity contribution in [3.05, 3.63) is 24.3 Å². The zero-order chi connectivity index (χ0) is 10.0. The highest BCUT2D eigenvalue weighted by Crippen LogP contribution is 2.22. The first kappa shape index (κ1) is 9.62. The Morgan fingerprint density at radius 3 is 2.71 bits per heavy atom. The zero-order valence-corrected chi connectivity index (χ0v) is 8.40. The Morgan fingerprint density at radius 2 is 2.07 bits per heavy atom. The predicted molar refractivity (Wildman–Crippen MR) is 54.1 cm³/mol. The number of morpholine rings is 1. The van der Waals surface area contributed by atoms with E-state index in [4.69, 9.17) is 4.74 Å². The summed E-state index contributed by atoms with van der Waals surface area (Å²) in [5.41, 5.74) is -0.446. The highest BCUT2D eigenvalue weighted by atomic mass is 16.5. The molecule has 1 saturated heterocycles. The second-order valence-corrected chi connectivity index (χ2v) is 3.83. The number of carbonyl (C=O) groups excluding carboxylic acids is 1. The van der Waals surface area contributed by atoms with Crippen molar-refractivity contribution in [1.82, 2.24) is 4.90 Å². The number of nitrogens with zero attached hydrogens (tertiary/aromatic N) is 1. The molecule has 2 rings (SSSR count). The van der Waals surface area contributed by atoms with Gasteiger partial charge >= 0.3 is 0 Å². The van der Waals surface area contributed by atoms with Crippen molar-refractivity contribution in [2.24, 2.45) is 0 Å². The average molecular weight is 193 g/mol. The van der Waals surface area contributed by atoms with Gasteiger partial charge in [-0.25, -0.2) is 0 Å². The molecule has 0 aromatic heterocycles. The van der Waals surface area contributed by atoms with E-state index in [1.807, 2.05) is 19.1 Å². The Labute approximate surface area is 84.0 Å². The second-order valence-electron chi connectivity index (χ2n) is 3.83. The summed E-state index contributed by atoms with van der Waals surface area (Å²) in [6.07, 6.45) is 7.36. The van der Waals surface area contributed by atoms with Gasteiger partial charge in [-0.15, -0.1) is 0 Å². The average Bonchev–Trinajstić information content (AvgIpc) is 2.24. The SMILES string of the molecule is CC1(N2CCOCC2)C=CC=CC1=O. The summed E-state index contributed by atoms with van der Waals surface area (Å²) in [6.45, 7) is 5.09. The van der Waals surface area contributed by atoms with Crippen LogP contribution in [0.2, 0.25) is 0 Å². The normalized spacial score (nSPS) is 33.6. The van der Waals surface area contributed by atoms with E-state index in [0.717, 1.165) is 26.3 Å². The van der Waals surface area contributed by atoms with Gasteiger partial charge < -0.3 is 4.74 Å². The molecular weight excluding hydrogens is 178 g/mol. The quantitative estimate of drug-likeness (QED) is 0.616.